The second-order valence-electron chi connectivity index (χ2n) is 7.63. The number of aromatic nitrogens is 2. The first kappa shape index (κ1) is 22.0. The summed E-state index contributed by atoms with van der Waals surface area (Å²) in [6.07, 6.45) is 5.17. The number of hydrogen-bond acceptors (Lipinski definition) is 6. The van der Waals surface area contributed by atoms with E-state index in [0.717, 1.165) is 41.6 Å². The maximum absolute atomic E-state index is 13.4. The lowest BCUT2D eigenvalue weighted by Gasteiger charge is -2.13. The second kappa shape index (κ2) is 9.97. The van der Waals surface area contributed by atoms with Gasteiger partial charge in [-0.15, -0.1) is 11.3 Å². The maximum Gasteiger partial charge on any atom is 0.263 e. The number of nitrogens with zero attached hydrogens (tertiary/aromatic N) is 2. The van der Waals surface area contributed by atoms with Crippen molar-refractivity contribution in [3.63, 3.8) is 0 Å². The number of thioether (sulfide) groups is 1. The molecule has 2 heterocycles. The standard InChI is InChI=1S/C23H27N3O3S2/c1-3-15-7-6-8-16(13-15)24-19(27)14-30-23-25-21-20(22(28)26(23)11-12-29-2)17-9-4-5-10-18(17)31-21/h6-8,13H,3-5,9-12,14H2,1-2H3,(H,24,27). The van der Waals surface area contributed by atoms with Crippen molar-refractivity contribution in [3.8, 4) is 0 Å². The number of carbonyl (C=O) groups is 1. The van der Waals surface area contributed by atoms with E-state index in [-0.39, 0.29) is 17.2 Å². The molecule has 164 valence electrons. The summed E-state index contributed by atoms with van der Waals surface area (Å²) in [5, 5.41) is 4.28. The monoisotopic (exact) mass is 457 g/mol. The Morgan fingerprint density at radius 3 is 2.97 bits per heavy atom. The van der Waals surface area contributed by atoms with Gasteiger partial charge >= 0.3 is 0 Å². The van der Waals surface area contributed by atoms with E-state index in [9.17, 15) is 9.59 Å². The van der Waals surface area contributed by atoms with Crippen molar-refractivity contribution in [2.45, 2.75) is 50.7 Å². The lowest BCUT2D eigenvalue weighted by atomic mass is 9.97. The summed E-state index contributed by atoms with van der Waals surface area (Å²) in [6.45, 7) is 2.93. The lowest BCUT2D eigenvalue weighted by Crippen LogP contribution is -2.26. The number of rotatable bonds is 8. The molecule has 0 saturated carbocycles. The Bertz CT molecular complexity index is 1150. The molecule has 0 saturated heterocycles. The van der Waals surface area contributed by atoms with Gasteiger partial charge in [0, 0.05) is 17.7 Å². The largest absolute Gasteiger partial charge is 0.383 e. The van der Waals surface area contributed by atoms with Gasteiger partial charge in [0.25, 0.3) is 5.56 Å². The Labute approximate surface area is 190 Å². The zero-order chi connectivity index (χ0) is 21.8. The van der Waals surface area contributed by atoms with E-state index in [1.165, 1.54) is 34.2 Å². The van der Waals surface area contributed by atoms with Crippen molar-refractivity contribution in [2.75, 3.05) is 24.8 Å². The van der Waals surface area contributed by atoms with Crippen molar-refractivity contribution >= 4 is 44.9 Å². The Hall–Kier alpha value is -2.16. The SMILES string of the molecule is CCc1cccc(NC(=O)CSc2nc3sc4c(c3c(=O)n2CCOC)CCCC4)c1. The van der Waals surface area contributed by atoms with Gasteiger partial charge in [-0.2, -0.15) is 0 Å². The number of aryl methyl sites for hydroxylation is 3. The minimum Gasteiger partial charge on any atom is -0.383 e. The average molecular weight is 458 g/mol. The third-order valence-electron chi connectivity index (χ3n) is 5.51. The Morgan fingerprint density at radius 2 is 2.16 bits per heavy atom. The number of thiophene rings is 1. The molecule has 0 spiro atoms. The molecule has 0 aliphatic heterocycles. The van der Waals surface area contributed by atoms with Crippen LogP contribution < -0.4 is 10.9 Å². The normalized spacial score (nSPS) is 13.4. The number of fused-ring (bicyclic) bond motifs is 3. The van der Waals surface area contributed by atoms with E-state index in [4.69, 9.17) is 9.72 Å². The predicted molar refractivity (Wildman–Crippen MR) is 128 cm³/mol. The van der Waals surface area contributed by atoms with Gasteiger partial charge in [-0.25, -0.2) is 4.98 Å². The highest BCUT2D eigenvalue weighted by Gasteiger charge is 2.22. The van der Waals surface area contributed by atoms with Crippen LogP contribution in [0.25, 0.3) is 10.2 Å². The van der Waals surface area contributed by atoms with E-state index < -0.39 is 0 Å². The molecule has 8 heteroatoms. The van der Waals surface area contributed by atoms with Crippen LogP contribution in [-0.2, 0) is 35.3 Å². The van der Waals surface area contributed by atoms with Crippen molar-refractivity contribution in [2.24, 2.45) is 0 Å². The highest BCUT2D eigenvalue weighted by Crippen LogP contribution is 2.34. The van der Waals surface area contributed by atoms with Crippen LogP contribution in [-0.4, -0.2) is 34.9 Å². The van der Waals surface area contributed by atoms with Gasteiger partial charge in [0.15, 0.2) is 5.16 Å². The number of methoxy groups -OCH3 is 1. The minimum atomic E-state index is -0.114. The Kier molecular flexibility index (Phi) is 7.09. The Balaban J connectivity index is 1.58. The fourth-order valence-corrected chi connectivity index (χ4v) is 6.03. The number of benzene rings is 1. The second-order valence-corrected chi connectivity index (χ2v) is 9.65. The molecule has 2 aromatic heterocycles. The van der Waals surface area contributed by atoms with Gasteiger partial charge in [0.05, 0.1) is 24.3 Å². The highest BCUT2D eigenvalue weighted by atomic mass is 32.2. The lowest BCUT2D eigenvalue weighted by molar-refractivity contribution is -0.113. The molecule has 4 rings (SSSR count). The molecule has 6 nitrogen and oxygen atoms in total. The molecule has 0 unspecified atom stereocenters. The molecule has 1 N–H and O–H groups in total. The van der Waals surface area contributed by atoms with Gasteiger partial charge in [-0.3, -0.25) is 14.2 Å². The maximum atomic E-state index is 13.4. The van der Waals surface area contributed by atoms with Gasteiger partial charge in [0.1, 0.15) is 4.83 Å². The number of amides is 1. The summed E-state index contributed by atoms with van der Waals surface area (Å²) in [5.41, 5.74) is 3.13. The molecule has 31 heavy (non-hydrogen) atoms. The van der Waals surface area contributed by atoms with Gasteiger partial charge in [0.2, 0.25) is 5.91 Å². The number of ether oxygens (including phenoxy) is 1. The minimum absolute atomic E-state index is 0.0139. The molecule has 1 aliphatic rings. The fourth-order valence-electron chi connectivity index (χ4n) is 3.91. The van der Waals surface area contributed by atoms with E-state index in [0.29, 0.717) is 18.3 Å². The van der Waals surface area contributed by atoms with Gasteiger partial charge in [-0.05, 0) is 55.4 Å². The van der Waals surface area contributed by atoms with Crippen LogP contribution >= 0.6 is 23.1 Å². The van der Waals surface area contributed by atoms with E-state index >= 15 is 0 Å². The molecule has 0 atom stereocenters. The predicted octanol–water partition coefficient (Wildman–Crippen LogP) is 4.28. The van der Waals surface area contributed by atoms with Gasteiger partial charge in [-0.1, -0.05) is 30.8 Å². The number of carbonyl (C=O) groups excluding carboxylic acids is 1. The highest BCUT2D eigenvalue weighted by molar-refractivity contribution is 7.99. The van der Waals surface area contributed by atoms with E-state index in [1.54, 1.807) is 23.0 Å². The molecule has 0 bridgehead atoms. The molecular formula is C23H27N3O3S2. The quantitative estimate of drug-likeness (QED) is 0.404. The zero-order valence-electron chi connectivity index (χ0n) is 17.9. The summed E-state index contributed by atoms with van der Waals surface area (Å²) in [4.78, 5) is 32.8. The van der Waals surface area contributed by atoms with Crippen LogP contribution in [0.15, 0.2) is 34.2 Å². The first-order valence-corrected chi connectivity index (χ1v) is 12.5. The molecule has 0 radical (unpaired) electrons. The van der Waals surface area contributed by atoms with Crippen LogP contribution in [0, 0.1) is 0 Å². The van der Waals surface area contributed by atoms with E-state index in [1.807, 2.05) is 24.3 Å². The first-order chi connectivity index (χ1) is 15.1. The summed E-state index contributed by atoms with van der Waals surface area (Å²) in [7, 11) is 1.62. The van der Waals surface area contributed by atoms with Crippen molar-refractivity contribution in [1.82, 2.24) is 9.55 Å². The van der Waals surface area contributed by atoms with Crippen LogP contribution in [0.4, 0.5) is 5.69 Å². The van der Waals surface area contributed by atoms with Crippen molar-refractivity contribution < 1.29 is 9.53 Å². The third-order valence-corrected chi connectivity index (χ3v) is 7.67. The van der Waals surface area contributed by atoms with Crippen LogP contribution in [0.3, 0.4) is 0 Å². The topological polar surface area (TPSA) is 73.2 Å². The fraction of sp³-hybridized carbons (Fsp3) is 0.435. The molecule has 0 fully saturated rings. The van der Waals surface area contributed by atoms with E-state index in [2.05, 4.69) is 12.2 Å². The van der Waals surface area contributed by atoms with Gasteiger partial charge < -0.3 is 10.1 Å². The molecular weight excluding hydrogens is 430 g/mol. The first-order valence-electron chi connectivity index (χ1n) is 10.7. The zero-order valence-corrected chi connectivity index (χ0v) is 19.5. The molecule has 3 aromatic rings. The third kappa shape index (κ3) is 4.86. The summed E-state index contributed by atoms with van der Waals surface area (Å²) >= 11 is 2.93. The van der Waals surface area contributed by atoms with Crippen molar-refractivity contribution in [1.29, 1.82) is 0 Å². The molecule has 1 aliphatic carbocycles. The summed E-state index contributed by atoms with van der Waals surface area (Å²) in [5.74, 6) is 0.0724. The number of anilines is 1. The molecule has 1 amide bonds. The molecule has 1 aromatic carbocycles. The number of nitrogens with one attached hydrogen (secondary N) is 1. The summed E-state index contributed by atoms with van der Waals surface area (Å²) < 4.78 is 6.88. The van der Waals surface area contributed by atoms with Crippen LogP contribution in [0.5, 0.6) is 0 Å². The number of hydrogen-bond donors (Lipinski definition) is 1. The summed E-state index contributed by atoms with van der Waals surface area (Å²) in [6, 6.07) is 7.85. The average Bonchev–Trinajstić information content (AvgIpc) is 3.16. The Morgan fingerprint density at radius 1 is 1.32 bits per heavy atom. The van der Waals surface area contributed by atoms with Crippen LogP contribution in [0.1, 0.15) is 35.8 Å². The van der Waals surface area contributed by atoms with Crippen molar-refractivity contribution in [3.05, 3.63) is 50.6 Å². The smallest absolute Gasteiger partial charge is 0.263 e. The van der Waals surface area contributed by atoms with Crippen LogP contribution in [0.2, 0.25) is 0 Å².